The molecule has 156 valence electrons. The van der Waals surface area contributed by atoms with Gasteiger partial charge in [0.15, 0.2) is 16.6 Å². The van der Waals surface area contributed by atoms with Gasteiger partial charge < -0.3 is 14.4 Å². The third kappa shape index (κ3) is 5.81. The molecule has 8 heteroatoms. The summed E-state index contributed by atoms with van der Waals surface area (Å²) in [5, 5.41) is 5.00. The molecule has 1 aromatic heterocycles. The number of nitrogens with one attached hydrogen (secondary N) is 1. The Morgan fingerprint density at radius 1 is 1.07 bits per heavy atom. The first-order valence-corrected chi connectivity index (χ1v) is 10.3. The molecule has 0 aliphatic carbocycles. The molecule has 7 nitrogen and oxygen atoms in total. The summed E-state index contributed by atoms with van der Waals surface area (Å²) >= 11 is 1.29. The normalized spacial score (nSPS) is 10.3. The summed E-state index contributed by atoms with van der Waals surface area (Å²) in [6, 6.07) is 16.3. The van der Waals surface area contributed by atoms with Crippen LogP contribution in [-0.2, 0) is 11.2 Å². The maximum Gasteiger partial charge on any atom is 0.257 e. The van der Waals surface area contributed by atoms with Gasteiger partial charge in [-0.05, 0) is 24.3 Å². The highest BCUT2D eigenvalue weighted by Crippen LogP contribution is 2.25. The van der Waals surface area contributed by atoms with Gasteiger partial charge in [-0.3, -0.25) is 14.9 Å². The van der Waals surface area contributed by atoms with Crippen LogP contribution in [0.15, 0.2) is 60.0 Å². The SMILES string of the molecule is COc1ccccc1OCCN(C)C(=O)Cc1csc(NC(=O)c2ccccc2)n1. The van der Waals surface area contributed by atoms with Crippen molar-refractivity contribution in [1.82, 2.24) is 9.88 Å². The van der Waals surface area contributed by atoms with Gasteiger partial charge in [0, 0.05) is 18.0 Å². The minimum Gasteiger partial charge on any atom is -0.493 e. The molecule has 0 aliphatic heterocycles. The Hall–Kier alpha value is -3.39. The summed E-state index contributed by atoms with van der Waals surface area (Å²) in [5.74, 6) is 0.983. The van der Waals surface area contributed by atoms with E-state index in [1.807, 2.05) is 30.3 Å². The van der Waals surface area contributed by atoms with Crippen molar-refractivity contribution >= 4 is 28.3 Å². The van der Waals surface area contributed by atoms with Gasteiger partial charge in [0.05, 0.1) is 25.8 Å². The van der Waals surface area contributed by atoms with Crippen molar-refractivity contribution in [2.24, 2.45) is 0 Å². The summed E-state index contributed by atoms with van der Waals surface area (Å²) in [7, 11) is 3.31. The molecule has 1 heterocycles. The van der Waals surface area contributed by atoms with Crippen molar-refractivity contribution in [1.29, 1.82) is 0 Å². The molecule has 0 fully saturated rings. The number of rotatable bonds is 9. The molecule has 2 amide bonds. The Balaban J connectivity index is 1.47. The number of benzene rings is 2. The van der Waals surface area contributed by atoms with Crippen molar-refractivity contribution in [3.05, 3.63) is 71.2 Å². The van der Waals surface area contributed by atoms with Crippen LogP contribution in [0.1, 0.15) is 16.1 Å². The molecule has 0 saturated heterocycles. The zero-order chi connectivity index (χ0) is 21.3. The van der Waals surface area contributed by atoms with Crippen LogP contribution in [0.2, 0.25) is 0 Å². The Kier molecular flexibility index (Phi) is 7.40. The van der Waals surface area contributed by atoms with Crippen LogP contribution in [0, 0.1) is 0 Å². The first-order chi connectivity index (χ1) is 14.6. The predicted molar refractivity (Wildman–Crippen MR) is 116 cm³/mol. The standard InChI is InChI=1S/C22H23N3O4S/c1-25(12-13-29-19-11-7-6-10-18(19)28-2)20(26)14-17-15-30-22(23-17)24-21(27)16-8-4-3-5-9-16/h3-11,15H,12-14H2,1-2H3,(H,23,24,27). The topological polar surface area (TPSA) is 80.8 Å². The van der Waals surface area contributed by atoms with Crippen molar-refractivity contribution in [3.8, 4) is 11.5 Å². The van der Waals surface area contributed by atoms with E-state index >= 15 is 0 Å². The van der Waals surface area contributed by atoms with Gasteiger partial charge in [-0.2, -0.15) is 0 Å². The van der Waals surface area contributed by atoms with Crippen LogP contribution in [-0.4, -0.2) is 49.0 Å². The molecular weight excluding hydrogens is 402 g/mol. The fourth-order valence-corrected chi connectivity index (χ4v) is 3.35. The van der Waals surface area contributed by atoms with Crippen molar-refractivity contribution in [2.45, 2.75) is 6.42 Å². The Bertz CT molecular complexity index is 991. The van der Waals surface area contributed by atoms with E-state index < -0.39 is 0 Å². The van der Waals surface area contributed by atoms with Gasteiger partial charge in [0.25, 0.3) is 5.91 Å². The van der Waals surface area contributed by atoms with Gasteiger partial charge in [0.1, 0.15) is 6.61 Å². The lowest BCUT2D eigenvalue weighted by atomic mass is 10.2. The van der Waals surface area contributed by atoms with E-state index in [4.69, 9.17) is 9.47 Å². The molecule has 0 unspecified atom stereocenters. The molecule has 3 aromatic rings. The van der Waals surface area contributed by atoms with Crippen LogP contribution < -0.4 is 14.8 Å². The number of likely N-dealkylation sites (N-methyl/N-ethyl adjacent to an activating group) is 1. The summed E-state index contributed by atoms with van der Waals surface area (Å²) in [5.41, 5.74) is 1.17. The Morgan fingerprint density at radius 2 is 1.77 bits per heavy atom. The van der Waals surface area contributed by atoms with Crippen molar-refractivity contribution in [2.75, 3.05) is 32.6 Å². The second kappa shape index (κ2) is 10.4. The van der Waals surface area contributed by atoms with Crippen LogP contribution in [0.3, 0.4) is 0 Å². The maximum absolute atomic E-state index is 12.5. The van der Waals surface area contributed by atoms with Crippen molar-refractivity contribution in [3.63, 3.8) is 0 Å². The average Bonchev–Trinajstić information content (AvgIpc) is 3.21. The zero-order valence-electron chi connectivity index (χ0n) is 16.8. The summed E-state index contributed by atoms with van der Waals surface area (Å²) in [4.78, 5) is 30.6. The number of amides is 2. The summed E-state index contributed by atoms with van der Waals surface area (Å²) < 4.78 is 11.0. The highest BCUT2D eigenvalue weighted by atomic mass is 32.1. The first kappa shape index (κ1) is 21.3. The number of hydrogen-bond donors (Lipinski definition) is 1. The molecular formula is C22H23N3O4S. The third-order valence-corrected chi connectivity index (χ3v) is 5.13. The summed E-state index contributed by atoms with van der Waals surface area (Å²) in [6.45, 7) is 0.774. The largest absolute Gasteiger partial charge is 0.493 e. The number of anilines is 1. The number of carbonyl (C=O) groups is 2. The van der Waals surface area contributed by atoms with E-state index in [0.717, 1.165) is 0 Å². The number of hydrogen-bond acceptors (Lipinski definition) is 6. The van der Waals surface area contributed by atoms with Crippen LogP contribution in [0.4, 0.5) is 5.13 Å². The van der Waals surface area contributed by atoms with Gasteiger partial charge in [0.2, 0.25) is 5.91 Å². The van der Waals surface area contributed by atoms with E-state index in [9.17, 15) is 9.59 Å². The smallest absolute Gasteiger partial charge is 0.257 e. The van der Waals surface area contributed by atoms with E-state index in [1.54, 1.807) is 48.7 Å². The third-order valence-electron chi connectivity index (χ3n) is 4.32. The molecule has 0 saturated carbocycles. The lowest BCUT2D eigenvalue weighted by Crippen LogP contribution is -2.32. The number of ether oxygens (including phenoxy) is 2. The van der Waals surface area contributed by atoms with Crippen molar-refractivity contribution < 1.29 is 19.1 Å². The number of thiazole rings is 1. The van der Waals surface area contributed by atoms with Crippen LogP contribution >= 0.6 is 11.3 Å². The highest BCUT2D eigenvalue weighted by molar-refractivity contribution is 7.14. The Labute approximate surface area is 179 Å². The lowest BCUT2D eigenvalue weighted by Gasteiger charge is -2.17. The monoisotopic (exact) mass is 425 g/mol. The number of para-hydroxylation sites is 2. The Morgan fingerprint density at radius 3 is 2.50 bits per heavy atom. The van der Waals surface area contributed by atoms with E-state index in [0.29, 0.717) is 41.0 Å². The van der Waals surface area contributed by atoms with E-state index in [1.165, 1.54) is 11.3 Å². The molecule has 30 heavy (non-hydrogen) atoms. The maximum atomic E-state index is 12.5. The van der Waals surface area contributed by atoms with Crippen LogP contribution in [0.5, 0.6) is 11.5 Å². The molecule has 1 N–H and O–H groups in total. The molecule has 2 aromatic carbocycles. The number of nitrogens with zero attached hydrogens (tertiary/aromatic N) is 2. The molecule has 0 atom stereocenters. The van der Waals surface area contributed by atoms with Gasteiger partial charge in [-0.1, -0.05) is 30.3 Å². The summed E-state index contributed by atoms with van der Waals surface area (Å²) in [6.07, 6.45) is 0.156. The lowest BCUT2D eigenvalue weighted by molar-refractivity contribution is -0.129. The molecule has 0 bridgehead atoms. The van der Waals surface area contributed by atoms with Gasteiger partial charge in [-0.15, -0.1) is 11.3 Å². The fraction of sp³-hybridized carbons (Fsp3) is 0.227. The zero-order valence-corrected chi connectivity index (χ0v) is 17.6. The molecule has 3 rings (SSSR count). The van der Waals surface area contributed by atoms with Gasteiger partial charge in [-0.25, -0.2) is 4.98 Å². The molecule has 0 radical (unpaired) electrons. The second-order valence-electron chi connectivity index (χ2n) is 6.46. The second-order valence-corrected chi connectivity index (χ2v) is 7.31. The van der Waals surface area contributed by atoms with E-state index in [2.05, 4.69) is 10.3 Å². The minimum atomic E-state index is -0.228. The number of aromatic nitrogens is 1. The molecule has 0 aliphatic rings. The highest BCUT2D eigenvalue weighted by Gasteiger charge is 2.14. The fourth-order valence-electron chi connectivity index (χ4n) is 2.65. The number of carbonyl (C=O) groups excluding carboxylic acids is 2. The van der Waals surface area contributed by atoms with E-state index in [-0.39, 0.29) is 18.2 Å². The quantitative estimate of drug-likeness (QED) is 0.568. The molecule has 0 spiro atoms. The van der Waals surface area contributed by atoms with Crippen LogP contribution in [0.25, 0.3) is 0 Å². The van der Waals surface area contributed by atoms with Gasteiger partial charge >= 0.3 is 0 Å². The minimum absolute atomic E-state index is 0.0788. The average molecular weight is 426 g/mol. The number of methoxy groups -OCH3 is 1. The predicted octanol–water partition coefficient (Wildman–Crippen LogP) is 3.48. The first-order valence-electron chi connectivity index (χ1n) is 9.37.